The highest BCUT2D eigenvalue weighted by atomic mass is 79.9. The predicted octanol–water partition coefficient (Wildman–Crippen LogP) is 5.30. The van der Waals surface area contributed by atoms with Gasteiger partial charge in [0.1, 0.15) is 0 Å². The Labute approximate surface area is 144 Å². The molecule has 1 fully saturated rings. The third-order valence-electron chi connectivity index (χ3n) is 3.87. The van der Waals surface area contributed by atoms with Gasteiger partial charge in [0.25, 0.3) is 0 Å². The zero-order valence-electron chi connectivity index (χ0n) is 12.4. The van der Waals surface area contributed by atoms with Crippen LogP contribution in [-0.4, -0.2) is 13.2 Å². The minimum absolute atomic E-state index is 0.315. The van der Waals surface area contributed by atoms with Crippen LogP contribution >= 0.6 is 27.5 Å². The minimum Gasteiger partial charge on any atom is -0.346 e. The monoisotopic (exact) mass is 380 g/mol. The van der Waals surface area contributed by atoms with Crippen LogP contribution < -0.4 is 0 Å². The highest BCUT2D eigenvalue weighted by Gasteiger charge is 2.22. The largest absolute Gasteiger partial charge is 0.346 e. The van der Waals surface area contributed by atoms with E-state index in [-0.39, 0.29) is 6.29 Å². The molecule has 22 heavy (non-hydrogen) atoms. The van der Waals surface area contributed by atoms with Gasteiger partial charge in [-0.2, -0.15) is 0 Å². The zero-order valence-corrected chi connectivity index (χ0v) is 14.8. The van der Waals surface area contributed by atoms with E-state index in [0.717, 1.165) is 33.5 Å². The van der Waals surface area contributed by atoms with Crippen molar-refractivity contribution in [3.05, 3.63) is 68.1 Å². The van der Waals surface area contributed by atoms with Gasteiger partial charge >= 0.3 is 0 Å². The Morgan fingerprint density at radius 1 is 1.09 bits per heavy atom. The number of ether oxygens (including phenoxy) is 2. The van der Waals surface area contributed by atoms with Crippen molar-refractivity contribution in [3.8, 4) is 0 Å². The molecule has 2 aromatic rings. The molecule has 2 nitrogen and oxygen atoms in total. The van der Waals surface area contributed by atoms with Crippen molar-refractivity contribution >= 4 is 27.5 Å². The van der Waals surface area contributed by atoms with Gasteiger partial charge in [0, 0.05) is 15.1 Å². The van der Waals surface area contributed by atoms with E-state index >= 15 is 0 Å². The van der Waals surface area contributed by atoms with Crippen molar-refractivity contribution in [1.29, 1.82) is 0 Å². The lowest BCUT2D eigenvalue weighted by molar-refractivity contribution is -0.0446. The van der Waals surface area contributed by atoms with Gasteiger partial charge in [-0.1, -0.05) is 58.7 Å². The highest BCUT2D eigenvalue weighted by Crippen LogP contribution is 2.34. The molecule has 0 bridgehead atoms. The summed E-state index contributed by atoms with van der Waals surface area (Å²) in [5.41, 5.74) is 4.65. The fourth-order valence-corrected chi connectivity index (χ4v) is 3.39. The Bertz CT molecular complexity index is 649. The molecule has 0 unspecified atom stereocenters. The summed E-state index contributed by atoms with van der Waals surface area (Å²) in [5, 5.41) is 0.747. The van der Waals surface area contributed by atoms with Crippen LogP contribution in [0.2, 0.25) is 5.02 Å². The van der Waals surface area contributed by atoms with Gasteiger partial charge in [-0.15, -0.1) is 0 Å². The number of benzene rings is 2. The Kier molecular flexibility index (Phi) is 5.19. The fraction of sp³-hybridized carbons (Fsp3) is 0.333. The summed E-state index contributed by atoms with van der Waals surface area (Å²) in [4.78, 5) is 0. The molecule has 0 N–H and O–H groups in total. The first-order valence-corrected chi connectivity index (χ1v) is 8.63. The zero-order chi connectivity index (χ0) is 15.5. The van der Waals surface area contributed by atoms with Crippen molar-refractivity contribution in [2.45, 2.75) is 26.1 Å². The van der Waals surface area contributed by atoms with Gasteiger partial charge in [-0.05, 0) is 41.7 Å². The van der Waals surface area contributed by atoms with E-state index in [4.69, 9.17) is 21.1 Å². The van der Waals surface area contributed by atoms with Crippen molar-refractivity contribution in [3.63, 3.8) is 0 Å². The molecule has 0 atom stereocenters. The van der Waals surface area contributed by atoms with Crippen LogP contribution in [0.25, 0.3) is 0 Å². The first-order chi connectivity index (χ1) is 10.7. The van der Waals surface area contributed by atoms with E-state index in [0.29, 0.717) is 13.2 Å². The first-order valence-electron chi connectivity index (χ1n) is 7.46. The Morgan fingerprint density at radius 2 is 1.73 bits per heavy atom. The number of rotatable bonds is 4. The van der Waals surface area contributed by atoms with Gasteiger partial charge in [0.15, 0.2) is 6.29 Å². The van der Waals surface area contributed by atoms with Crippen LogP contribution in [0.4, 0.5) is 0 Å². The maximum Gasteiger partial charge on any atom is 0.185 e. The predicted molar refractivity (Wildman–Crippen MR) is 92.4 cm³/mol. The molecule has 0 spiro atoms. The van der Waals surface area contributed by atoms with Gasteiger partial charge < -0.3 is 9.47 Å². The van der Waals surface area contributed by atoms with Gasteiger partial charge in [0.05, 0.1) is 13.2 Å². The number of hydrogen-bond acceptors (Lipinski definition) is 2. The normalized spacial score (nSPS) is 15.4. The van der Waals surface area contributed by atoms with E-state index in [1.807, 2.05) is 6.07 Å². The van der Waals surface area contributed by atoms with E-state index in [2.05, 4.69) is 53.2 Å². The van der Waals surface area contributed by atoms with Gasteiger partial charge in [0.2, 0.25) is 0 Å². The second-order valence-electron chi connectivity index (χ2n) is 5.39. The molecule has 116 valence electrons. The van der Waals surface area contributed by atoms with E-state index in [1.165, 1.54) is 11.1 Å². The molecule has 3 rings (SSSR count). The maximum atomic E-state index is 6.46. The molecule has 1 heterocycles. The topological polar surface area (TPSA) is 18.5 Å². The van der Waals surface area contributed by atoms with Crippen molar-refractivity contribution in [2.24, 2.45) is 0 Å². The molecule has 2 aromatic carbocycles. The summed E-state index contributed by atoms with van der Waals surface area (Å²) in [6.07, 6.45) is 1.56. The van der Waals surface area contributed by atoms with Crippen LogP contribution in [0.15, 0.2) is 40.9 Å². The fourth-order valence-electron chi connectivity index (χ4n) is 2.57. The molecule has 1 aliphatic rings. The molecular formula is C18H18BrClO2. The smallest absolute Gasteiger partial charge is 0.185 e. The van der Waals surface area contributed by atoms with E-state index in [9.17, 15) is 0 Å². The average molecular weight is 382 g/mol. The van der Waals surface area contributed by atoms with Crippen molar-refractivity contribution < 1.29 is 9.47 Å². The standard InChI is InChI=1S/C18H18BrClO2/c1-2-12-3-5-13(6-4-12)9-14-10-16(19)15(11-17(14)20)18-21-7-8-22-18/h3-6,10-11,18H,2,7-9H2,1H3. The lowest BCUT2D eigenvalue weighted by atomic mass is 10.0. The summed E-state index contributed by atoms with van der Waals surface area (Å²) in [6.45, 7) is 3.41. The van der Waals surface area contributed by atoms with Crippen LogP contribution in [0.3, 0.4) is 0 Å². The lowest BCUT2D eigenvalue weighted by Crippen LogP contribution is -2.01. The molecule has 0 saturated carbocycles. The van der Waals surface area contributed by atoms with Crippen LogP contribution in [0, 0.1) is 0 Å². The molecular weight excluding hydrogens is 364 g/mol. The summed E-state index contributed by atoms with van der Waals surface area (Å²) < 4.78 is 12.1. The molecule has 4 heteroatoms. The Hall–Kier alpha value is -0.870. The van der Waals surface area contributed by atoms with Crippen molar-refractivity contribution in [1.82, 2.24) is 0 Å². The highest BCUT2D eigenvalue weighted by molar-refractivity contribution is 9.10. The quantitative estimate of drug-likeness (QED) is 0.715. The van der Waals surface area contributed by atoms with Crippen LogP contribution in [-0.2, 0) is 22.3 Å². The van der Waals surface area contributed by atoms with Gasteiger partial charge in [-0.3, -0.25) is 0 Å². The first kappa shape index (κ1) is 16.0. The molecule has 0 aliphatic carbocycles. The summed E-state index contributed by atoms with van der Waals surface area (Å²) in [7, 11) is 0. The third kappa shape index (κ3) is 3.54. The second-order valence-corrected chi connectivity index (χ2v) is 6.65. The molecule has 0 amide bonds. The van der Waals surface area contributed by atoms with Crippen LogP contribution in [0.1, 0.15) is 35.5 Å². The average Bonchev–Trinajstić information content (AvgIpc) is 3.05. The molecule has 1 saturated heterocycles. The molecule has 1 aliphatic heterocycles. The second kappa shape index (κ2) is 7.14. The van der Waals surface area contributed by atoms with E-state index in [1.54, 1.807) is 0 Å². The minimum atomic E-state index is -0.315. The molecule has 0 aromatic heterocycles. The summed E-state index contributed by atoms with van der Waals surface area (Å²) in [6, 6.07) is 12.7. The van der Waals surface area contributed by atoms with Crippen molar-refractivity contribution in [2.75, 3.05) is 13.2 Å². The van der Waals surface area contributed by atoms with E-state index < -0.39 is 0 Å². The summed E-state index contributed by atoms with van der Waals surface area (Å²) in [5.74, 6) is 0. The number of halogens is 2. The molecule has 0 radical (unpaired) electrons. The summed E-state index contributed by atoms with van der Waals surface area (Å²) >= 11 is 10.1. The number of aryl methyl sites for hydroxylation is 1. The Morgan fingerprint density at radius 3 is 2.36 bits per heavy atom. The maximum absolute atomic E-state index is 6.46. The lowest BCUT2D eigenvalue weighted by Gasteiger charge is -2.14. The SMILES string of the molecule is CCc1ccc(Cc2cc(Br)c(C3OCCO3)cc2Cl)cc1. The van der Waals surface area contributed by atoms with Crippen LogP contribution in [0.5, 0.6) is 0 Å². The van der Waals surface area contributed by atoms with Gasteiger partial charge in [-0.25, -0.2) is 0 Å². The third-order valence-corrected chi connectivity index (χ3v) is 4.91. The Balaban J connectivity index is 1.82. The number of hydrogen-bond donors (Lipinski definition) is 0.